The van der Waals surface area contributed by atoms with Crippen LogP contribution in [0, 0.1) is 11.6 Å². The van der Waals surface area contributed by atoms with Crippen molar-refractivity contribution in [2.75, 3.05) is 7.11 Å². The van der Waals surface area contributed by atoms with Crippen molar-refractivity contribution >= 4 is 17.8 Å². The van der Waals surface area contributed by atoms with E-state index in [1.807, 2.05) is 30.3 Å². The Bertz CT molecular complexity index is 854. The zero-order chi connectivity index (χ0) is 21.4. The van der Waals surface area contributed by atoms with Gasteiger partial charge in [-0.15, -0.1) is 0 Å². The van der Waals surface area contributed by atoms with Crippen LogP contribution in [0.15, 0.2) is 48.5 Å². The second-order valence-electron chi connectivity index (χ2n) is 6.52. The summed E-state index contributed by atoms with van der Waals surface area (Å²) in [5, 5.41) is 5.00. The van der Waals surface area contributed by atoms with Gasteiger partial charge in [0.05, 0.1) is 13.5 Å². The number of carbonyl (C=O) groups is 3. The van der Waals surface area contributed by atoms with E-state index in [2.05, 4.69) is 10.6 Å². The first-order valence-electron chi connectivity index (χ1n) is 8.95. The fourth-order valence-corrected chi connectivity index (χ4v) is 2.74. The van der Waals surface area contributed by atoms with Crippen LogP contribution in [0.4, 0.5) is 8.78 Å². The quantitative estimate of drug-likeness (QED) is 0.659. The third-order valence-electron chi connectivity index (χ3n) is 4.14. The topological polar surface area (TPSA) is 84.5 Å². The maximum Gasteiger partial charge on any atom is 0.328 e. The van der Waals surface area contributed by atoms with Crippen LogP contribution in [0.25, 0.3) is 0 Å². The molecule has 0 aliphatic rings. The van der Waals surface area contributed by atoms with E-state index in [9.17, 15) is 23.2 Å². The maximum atomic E-state index is 13.2. The summed E-state index contributed by atoms with van der Waals surface area (Å²) in [4.78, 5) is 36.5. The minimum atomic E-state index is -0.969. The van der Waals surface area contributed by atoms with E-state index in [0.717, 1.165) is 17.7 Å². The third-order valence-corrected chi connectivity index (χ3v) is 4.14. The van der Waals surface area contributed by atoms with E-state index in [1.54, 1.807) is 0 Å². The van der Waals surface area contributed by atoms with Crippen molar-refractivity contribution in [2.24, 2.45) is 0 Å². The van der Waals surface area contributed by atoms with Gasteiger partial charge in [0.2, 0.25) is 11.8 Å². The minimum Gasteiger partial charge on any atom is -0.467 e. The predicted molar refractivity (Wildman–Crippen MR) is 102 cm³/mol. The molecule has 0 saturated carbocycles. The lowest BCUT2D eigenvalue weighted by Gasteiger charge is -2.20. The van der Waals surface area contributed by atoms with E-state index < -0.39 is 41.5 Å². The Morgan fingerprint density at radius 2 is 1.59 bits per heavy atom. The summed E-state index contributed by atoms with van der Waals surface area (Å²) in [6, 6.07) is 9.97. The monoisotopic (exact) mass is 404 g/mol. The summed E-state index contributed by atoms with van der Waals surface area (Å²) in [6.45, 7) is 1.44. The second-order valence-corrected chi connectivity index (χ2v) is 6.52. The van der Waals surface area contributed by atoms with Crippen LogP contribution in [0.2, 0.25) is 0 Å². The molecule has 0 spiro atoms. The van der Waals surface area contributed by atoms with Gasteiger partial charge in [0.1, 0.15) is 23.7 Å². The number of methoxy groups -OCH3 is 1. The number of hydrogen-bond acceptors (Lipinski definition) is 4. The molecular weight excluding hydrogens is 382 g/mol. The normalized spacial score (nSPS) is 12.6. The molecule has 154 valence electrons. The molecule has 2 aromatic carbocycles. The summed E-state index contributed by atoms with van der Waals surface area (Å²) < 4.78 is 31.2. The molecule has 0 heterocycles. The molecule has 0 fully saturated rings. The summed E-state index contributed by atoms with van der Waals surface area (Å²) in [6.07, 6.45) is -0.0702. The van der Waals surface area contributed by atoms with E-state index in [-0.39, 0.29) is 18.4 Å². The molecule has 6 nitrogen and oxygen atoms in total. The van der Waals surface area contributed by atoms with E-state index in [4.69, 9.17) is 4.74 Å². The Morgan fingerprint density at radius 1 is 0.966 bits per heavy atom. The van der Waals surface area contributed by atoms with Crippen molar-refractivity contribution in [1.82, 2.24) is 10.6 Å². The number of halogens is 2. The largest absolute Gasteiger partial charge is 0.467 e. The van der Waals surface area contributed by atoms with Crippen LogP contribution in [0.5, 0.6) is 0 Å². The van der Waals surface area contributed by atoms with Crippen LogP contribution in [0.1, 0.15) is 18.1 Å². The van der Waals surface area contributed by atoms with Crippen LogP contribution in [-0.2, 0) is 32.0 Å². The zero-order valence-electron chi connectivity index (χ0n) is 16.1. The molecule has 0 aliphatic carbocycles. The molecule has 29 heavy (non-hydrogen) atoms. The lowest BCUT2D eigenvalue weighted by molar-refractivity contribution is -0.145. The van der Waals surface area contributed by atoms with Crippen molar-refractivity contribution in [1.29, 1.82) is 0 Å². The van der Waals surface area contributed by atoms with Crippen LogP contribution < -0.4 is 10.6 Å². The maximum absolute atomic E-state index is 13.2. The lowest BCUT2D eigenvalue weighted by atomic mass is 10.1. The second kappa shape index (κ2) is 10.3. The molecule has 0 bridgehead atoms. The van der Waals surface area contributed by atoms with Gasteiger partial charge in [-0.3, -0.25) is 9.59 Å². The number of hydrogen-bond donors (Lipinski definition) is 2. The standard InChI is InChI=1S/C21H22F2N2O4/c1-13(24-19(26)11-15-8-16(22)12-17(23)9-15)20(27)25-18(21(28)29-2)10-14-6-4-3-5-7-14/h3-9,12-13,18H,10-11H2,1-2H3,(H,24,26)(H,25,27)/t13-,18+/m0/s1. The van der Waals surface area contributed by atoms with Crippen molar-refractivity contribution in [2.45, 2.75) is 31.8 Å². The summed E-state index contributed by atoms with van der Waals surface area (Å²) in [5.41, 5.74) is 0.970. The van der Waals surface area contributed by atoms with Crippen molar-refractivity contribution in [3.8, 4) is 0 Å². The highest BCUT2D eigenvalue weighted by molar-refractivity contribution is 5.91. The molecule has 0 saturated heterocycles. The van der Waals surface area contributed by atoms with E-state index in [1.165, 1.54) is 14.0 Å². The van der Waals surface area contributed by atoms with Gasteiger partial charge in [0, 0.05) is 12.5 Å². The summed E-state index contributed by atoms with van der Waals surface area (Å²) >= 11 is 0. The highest BCUT2D eigenvalue weighted by Crippen LogP contribution is 2.09. The molecule has 2 amide bonds. The van der Waals surface area contributed by atoms with E-state index >= 15 is 0 Å². The van der Waals surface area contributed by atoms with Gasteiger partial charge < -0.3 is 15.4 Å². The SMILES string of the molecule is COC(=O)[C@@H](Cc1ccccc1)NC(=O)[C@H](C)NC(=O)Cc1cc(F)cc(F)c1. The summed E-state index contributed by atoms with van der Waals surface area (Å²) in [7, 11) is 1.22. The van der Waals surface area contributed by atoms with Gasteiger partial charge in [-0.2, -0.15) is 0 Å². The Hall–Kier alpha value is -3.29. The number of amides is 2. The molecule has 8 heteroatoms. The molecule has 0 unspecified atom stereocenters. The fraction of sp³-hybridized carbons (Fsp3) is 0.286. The number of esters is 1. The molecule has 2 rings (SSSR count). The number of ether oxygens (including phenoxy) is 1. The Morgan fingerprint density at radius 3 is 2.17 bits per heavy atom. The lowest BCUT2D eigenvalue weighted by Crippen LogP contribution is -2.51. The number of benzene rings is 2. The number of nitrogens with one attached hydrogen (secondary N) is 2. The average molecular weight is 404 g/mol. The average Bonchev–Trinajstić information content (AvgIpc) is 2.66. The number of carbonyl (C=O) groups excluding carboxylic acids is 3. The zero-order valence-corrected chi connectivity index (χ0v) is 16.1. The molecule has 2 aromatic rings. The number of rotatable bonds is 8. The van der Waals surface area contributed by atoms with Gasteiger partial charge in [-0.05, 0) is 30.2 Å². The highest BCUT2D eigenvalue weighted by Gasteiger charge is 2.25. The van der Waals surface area contributed by atoms with Gasteiger partial charge in [-0.25, -0.2) is 13.6 Å². The molecule has 0 aliphatic heterocycles. The first-order chi connectivity index (χ1) is 13.8. The third kappa shape index (κ3) is 6.99. The Kier molecular flexibility index (Phi) is 7.82. The van der Waals surface area contributed by atoms with Gasteiger partial charge in [0.25, 0.3) is 0 Å². The van der Waals surface area contributed by atoms with Gasteiger partial charge >= 0.3 is 5.97 Å². The van der Waals surface area contributed by atoms with Crippen molar-refractivity contribution in [3.63, 3.8) is 0 Å². The van der Waals surface area contributed by atoms with Gasteiger partial charge in [0.15, 0.2) is 0 Å². The first kappa shape index (κ1) is 22.0. The first-order valence-corrected chi connectivity index (χ1v) is 8.95. The molecule has 2 N–H and O–H groups in total. The van der Waals surface area contributed by atoms with Gasteiger partial charge in [-0.1, -0.05) is 30.3 Å². The van der Waals surface area contributed by atoms with Crippen LogP contribution in [0.3, 0.4) is 0 Å². The van der Waals surface area contributed by atoms with Crippen LogP contribution in [-0.4, -0.2) is 37.0 Å². The molecule has 0 aromatic heterocycles. The van der Waals surface area contributed by atoms with E-state index in [0.29, 0.717) is 6.07 Å². The predicted octanol–water partition coefficient (Wildman–Crippen LogP) is 1.91. The fourth-order valence-electron chi connectivity index (χ4n) is 2.74. The summed E-state index contributed by atoms with van der Waals surface area (Å²) in [5.74, 6) is -3.37. The van der Waals surface area contributed by atoms with Crippen molar-refractivity contribution in [3.05, 3.63) is 71.3 Å². The highest BCUT2D eigenvalue weighted by atomic mass is 19.1. The molecular formula is C21H22F2N2O4. The molecule has 0 radical (unpaired) electrons. The molecule has 2 atom stereocenters. The van der Waals surface area contributed by atoms with Crippen LogP contribution >= 0.6 is 0 Å². The Balaban J connectivity index is 1.95. The van der Waals surface area contributed by atoms with Crippen molar-refractivity contribution < 1.29 is 27.9 Å². The minimum absolute atomic E-state index is 0.143. The smallest absolute Gasteiger partial charge is 0.328 e. The Labute approximate surface area is 167 Å².